The normalized spacial score (nSPS) is 19.2. The molecule has 7 heteroatoms. The number of pyridine rings is 1. The van der Waals surface area contributed by atoms with Crippen molar-refractivity contribution >= 4 is 28.7 Å². The van der Waals surface area contributed by atoms with Gasteiger partial charge in [-0.05, 0) is 124 Å². The summed E-state index contributed by atoms with van der Waals surface area (Å²) in [4.78, 5) is 9.10. The smallest absolute Gasteiger partial charge is 0.174 e. The summed E-state index contributed by atoms with van der Waals surface area (Å²) in [6, 6.07) is 25.3. The molecule has 0 radical (unpaired) electrons. The zero-order valence-corrected chi connectivity index (χ0v) is 24.5. The van der Waals surface area contributed by atoms with Crippen molar-refractivity contribution in [3.05, 3.63) is 102 Å². The van der Waals surface area contributed by atoms with Gasteiger partial charge in [-0.25, -0.2) is 0 Å². The van der Waals surface area contributed by atoms with Gasteiger partial charge in [-0.2, -0.15) is 0 Å². The maximum Gasteiger partial charge on any atom is 0.174 e. The minimum Gasteiger partial charge on any atom is -0.490 e. The van der Waals surface area contributed by atoms with Gasteiger partial charge in [0, 0.05) is 48.7 Å². The van der Waals surface area contributed by atoms with Crippen LogP contribution in [0.5, 0.6) is 5.75 Å². The van der Waals surface area contributed by atoms with Crippen LogP contribution in [0.4, 0.5) is 11.4 Å². The van der Waals surface area contributed by atoms with Crippen LogP contribution in [0.2, 0.25) is 0 Å². The van der Waals surface area contributed by atoms with Gasteiger partial charge in [0.25, 0.3) is 0 Å². The van der Waals surface area contributed by atoms with E-state index in [4.69, 9.17) is 21.9 Å². The first-order valence-electron chi connectivity index (χ1n) is 14.1. The van der Waals surface area contributed by atoms with E-state index in [2.05, 4.69) is 108 Å². The lowest BCUT2D eigenvalue weighted by molar-refractivity contribution is 0.210. The number of aryl methyl sites for hydroxylation is 1. The summed E-state index contributed by atoms with van der Waals surface area (Å²) in [5, 5.41) is 4.30. The SMILES string of the molecule is Cc1cc([C@@H]2[C@H](c3ccccn3)NC(=S)N2c2ccc(OC3CCCC3)cc2)c(C)n1-c1ccc(N(C)C)cc1. The van der Waals surface area contributed by atoms with Crippen LogP contribution in [0.15, 0.2) is 79.0 Å². The van der Waals surface area contributed by atoms with E-state index < -0.39 is 0 Å². The van der Waals surface area contributed by atoms with E-state index in [0.717, 1.165) is 35.7 Å². The Balaban J connectivity index is 1.39. The Kier molecular flexibility index (Phi) is 7.24. The summed E-state index contributed by atoms with van der Waals surface area (Å²) in [7, 11) is 4.13. The number of nitrogens with zero attached hydrogens (tertiary/aromatic N) is 4. The van der Waals surface area contributed by atoms with Crippen LogP contribution in [-0.2, 0) is 0 Å². The van der Waals surface area contributed by atoms with Gasteiger partial charge < -0.3 is 24.4 Å². The van der Waals surface area contributed by atoms with E-state index in [1.54, 1.807) is 0 Å². The molecule has 0 amide bonds. The second kappa shape index (κ2) is 11.0. The molecule has 0 bridgehead atoms. The molecule has 6 nitrogen and oxygen atoms in total. The summed E-state index contributed by atoms with van der Waals surface area (Å²) < 4.78 is 8.58. The first kappa shape index (κ1) is 26.4. The molecular weight excluding hydrogens is 514 g/mol. The number of thiocarbonyl (C=S) groups is 1. The quantitative estimate of drug-likeness (QED) is 0.248. The molecule has 6 rings (SSSR count). The fraction of sp³-hybridized carbons (Fsp3) is 0.333. The molecular formula is C33H37N5OS. The number of hydrogen-bond donors (Lipinski definition) is 1. The number of anilines is 2. The molecule has 1 saturated carbocycles. The lowest BCUT2D eigenvalue weighted by Crippen LogP contribution is -2.29. The second-order valence-electron chi connectivity index (χ2n) is 11.1. The molecule has 2 aromatic heterocycles. The van der Waals surface area contributed by atoms with Crippen molar-refractivity contribution in [2.75, 3.05) is 23.9 Å². The number of nitrogens with one attached hydrogen (secondary N) is 1. The molecule has 1 aliphatic carbocycles. The van der Waals surface area contributed by atoms with Crippen molar-refractivity contribution < 1.29 is 4.74 Å². The molecule has 206 valence electrons. The molecule has 2 aliphatic rings. The van der Waals surface area contributed by atoms with Crippen LogP contribution < -0.4 is 19.9 Å². The predicted molar refractivity (Wildman–Crippen MR) is 167 cm³/mol. The molecule has 2 aromatic carbocycles. The number of benzene rings is 2. The average molecular weight is 552 g/mol. The highest BCUT2D eigenvalue weighted by Crippen LogP contribution is 2.44. The van der Waals surface area contributed by atoms with Gasteiger partial charge in [-0.3, -0.25) is 4.98 Å². The topological polar surface area (TPSA) is 45.6 Å². The fourth-order valence-corrected chi connectivity index (χ4v) is 6.56. The molecule has 1 saturated heterocycles. The summed E-state index contributed by atoms with van der Waals surface area (Å²) >= 11 is 5.98. The average Bonchev–Trinajstić information content (AvgIpc) is 3.67. The zero-order valence-electron chi connectivity index (χ0n) is 23.7. The van der Waals surface area contributed by atoms with Crippen LogP contribution in [0.3, 0.4) is 0 Å². The van der Waals surface area contributed by atoms with Crippen molar-refractivity contribution in [3.63, 3.8) is 0 Å². The van der Waals surface area contributed by atoms with Crippen LogP contribution >= 0.6 is 12.2 Å². The van der Waals surface area contributed by atoms with E-state index in [-0.39, 0.29) is 12.1 Å². The largest absolute Gasteiger partial charge is 0.490 e. The summed E-state index contributed by atoms with van der Waals surface area (Å²) in [6.45, 7) is 4.38. The van der Waals surface area contributed by atoms with Crippen molar-refractivity contribution in [2.24, 2.45) is 0 Å². The van der Waals surface area contributed by atoms with Crippen molar-refractivity contribution in [1.82, 2.24) is 14.9 Å². The van der Waals surface area contributed by atoms with Crippen LogP contribution in [-0.4, -0.2) is 34.9 Å². The number of ether oxygens (including phenoxy) is 1. The van der Waals surface area contributed by atoms with E-state index in [1.165, 1.54) is 35.5 Å². The maximum absolute atomic E-state index is 6.25. The third kappa shape index (κ3) is 4.94. The highest BCUT2D eigenvalue weighted by molar-refractivity contribution is 7.80. The Morgan fingerprint density at radius 2 is 1.62 bits per heavy atom. The van der Waals surface area contributed by atoms with Crippen LogP contribution in [0, 0.1) is 13.8 Å². The van der Waals surface area contributed by atoms with Gasteiger partial charge in [0.2, 0.25) is 0 Å². The molecule has 2 atom stereocenters. The maximum atomic E-state index is 6.25. The molecule has 3 heterocycles. The van der Waals surface area contributed by atoms with Gasteiger partial charge in [-0.15, -0.1) is 0 Å². The van der Waals surface area contributed by atoms with Gasteiger partial charge in [0.1, 0.15) is 5.75 Å². The van der Waals surface area contributed by atoms with E-state index in [0.29, 0.717) is 11.2 Å². The van der Waals surface area contributed by atoms with Crippen LogP contribution in [0.1, 0.15) is 60.4 Å². The third-order valence-electron chi connectivity index (χ3n) is 8.23. The molecule has 1 N–H and O–H groups in total. The molecule has 0 unspecified atom stereocenters. The van der Waals surface area contributed by atoms with E-state index >= 15 is 0 Å². The highest BCUT2D eigenvalue weighted by Gasteiger charge is 2.42. The van der Waals surface area contributed by atoms with Gasteiger partial charge in [-0.1, -0.05) is 6.07 Å². The first-order chi connectivity index (χ1) is 19.4. The summed E-state index contributed by atoms with van der Waals surface area (Å²) in [5.41, 5.74) is 7.94. The van der Waals surface area contributed by atoms with Gasteiger partial charge in [0.15, 0.2) is 5.11 Å². The Hall–Kier alpha value is -3.84. The van der Waals surface area contributed by atoms with Gasteiger partial charge in [0.05, 0.1) is 23.9 Å². The lowest BCUT2D eigenvalue weighted by Gasteiger charge is -2.28. The highest BCUT2D eigenvalue weighted by atomic mass is 32.1. The monoisotopic (exact) mass is 551 g/mol. The third-order valence-corrected chi connectivity index (χ3v) is 8.55. The molecule has 2 fully saturated rings. The minimum absolute atomic E-state index is 0.0648. The molecule has 0 spiro atoms. The first-order valence-corrected chi connectivity index (χ1v) is 14.6. The van der Waals surface area contributed by atoms with Crippen molar-refractivity contribution in [2.45, 2.75) is 57.7 Å². The predicted octanol–water partition coefficient (Wildman–Crippen LogP) is 7.05. The Morgan fingerprint density at radius 3 is 2.27 bits per heavy atom. The lowest BCUT2D eigenvalue weighted by atomic mass is 9.96. The van der Waals surface area contributed by atoms with E-state index in [1.807, 2.05) is 18.3 Å². The summed E-state index contributed by atoms with van der Waals surface area (Å²) in [6.07, 6.45) is 6.98. The van der Waals surface area contributed by atoms with Crippen molar-refractivity contribution in [1.29, 1.82) is 0 Å². The second-order valence-corrected chi connectivity index (χ2v) is 11.5. The Bertz CT molecular complexity index is 1470. The molecule has 1 aliphatic heterocycles. The Morgan fingerprint density at radius 1 is 0.925 bits per heavy atom. The number of hydrogen-bond acceptors (Lipinski definition) is 4. The standard InChI is InChI=1S/C33H37N5OS/c1-22-21-29(23(2)37(22)25-14-12-24(13-15-25)36(3)4)32-31(30-11-7-8-20-34-30)35-33(40)38(32)26-16-18-28(19-17-26)39-27-9-5-6-10-27/h7-8,11-21,27,31-32H,5-6,9-10H2,1-4H3,(H,35,40)/t31-,32+/m0/s1. The zero-order chi connectivity index (χ0) is 27.8. The molecule has 40 heavy (non-hydrogen) atoms. The number of aromatic nitrogens is 2. The minimum atomic E-state index is -0.0896. The van der Waals surface area contributed by atoms with E-state index in [9.17, 15) is 0 Å². The Labute approximate surface area is 242 Å². The van der Waals surface area contributed by atoms with Crippen LogP contribution in [0.25, 0.3) is 5.69 Å². The van der Waals surface area contributed by atoms with Crippen molar-refractivity contribution in [3.8, 4) is 11.4 Å². The molecule has 4 aromatic rings. The number of rotatable bonds is 7. The summed E-state index contributed by atoms with van der Waals surface area (Å²) in [5.74, 6) is 0.922. The fourth-order valence-electron chi connectivity index (χ4n) is 6.22. The van der Waals surface area contributed by atoms with Gasteiger partial charge >= 0.3 is 0 Å².